The molecule has 8 aromatic carbocycles. The van der Waals surface area contributed by atoms with E-state index in [2.05, 4.69) is 227 Å². The third-order valence-electron chi connectivity index (χ3n) is 14.7. The van der Waals surface area contributed by atoms with Gasteiger partial charge in [-0.1, -0.05) is 144 Å². The third-order valence-corrected chi connectivity index (χ3v) is 14.7. The van der Waals surface area contributed by atoms with Crippen LogP contribution in [-0.2, 0) is 10.8 Å². The Morgan fingerprint density at radius 3 is 2.00 bits per heavy atom. The van der Waals surface area contributed by atoms with Crippen molar-refractivity contribution in [2.45, 2.75) is 59.3 Å². The van der Waals surface area contributed by atoms with Crippen LogP contribution in [0.25, 0.3) is 49.7 Å². The van der Waals surface area contributed by atoms with Crippen LogP contribution in [0.4, 0.5) is 34.1 Å². The SMILES string of the molecule is Cc1ccccc1N(c1ccc2c(c1)N(c1cccc3oc4ccccc4c13)c1cc(C(C)(C)C)cc3c1B2c1cccc2c4c(n-3c12)C(C)(C)c1ccccc1-4)c1ccccc1C. The number of furan rings is 1. The van der Waals surface area contributed by atoms with Crippen molar-refractivity contribution in [1.82, 2.24) is 4.57 Å². The van der Waals surface area contributed by atoms with Crippen LogP contribution in [0.2, 0.25) is 0 Å². The average molecular weight is 826 g/mol. The standard InChI is InChI=1S/C59H48BN3O/c1-35-18-8-13-25-45(35)61(46-26-14-9-19-36(46)2)38-30-31-43-48(34-38)62(47-27-17-29-52-54(47)40-21-11-15-28-51(40)64-52)49-32-37(58(3,4)5)33-50-55(49)60(43)44-24-16-22-41-53-39-20-10-12-23-42(39)59(6,7)57(53)63(50)56(41)44/h8-34H,1-7H3. The number of hydrogen-bond acceptors (Lipinski definition) is 3. The normalized spacial score (nSPS) is 14.2. The predicted octanol–water partition coefficient (Wildman–Crippen LogP) is 13.8. The minimum Gasteiger partial charge on any atom is -0.456 e. The van der Waals surface area contributed by atoms with Crippen molar-refractivity contribution in [3.63, 3.8) is 0 Å². The highest BCUT2D eigenvalue weighted by molar-refractivity contribution is 7.00. The molecule has 0 atom stereocenters. The fourth-order valence-corrected chi connectivity index (χ4v) is 11.8. The summed E-state index contributed by atoms with van der Waals surface area (Å²) < 4.78 is 9.35. The Bertz CT molecular complexity index is 3590. The fourth-order valence-electron chi connectivity index (χ4n) is 11.8. The van der Waals surface area contributed by atoms with E-state index in [1.807, 2.05) is 0 Å². The molecule has 4 nitrogen and oxygen atoms in total. The zero-order valence-electron chi connectivity index (χ0n) is 37.4. The van der Waals surface area contributed by atoms with Gasteiger partial charge in [-0.05, 0) is 118 Å². The number of rotatable bonds is 4. The van der Waals surface area contributed by atoms with Gasteiger partial charge in [-0.3, -0.25) is 0 Å². The maximum absolute atomic E-state index is 6.66. The molecular formula is C59H48BN3O. The number of aromatic nitrogens is 1. The number of fused-ring (bicyclic) bond motifs is 12. The van der Waals surface area contributed by atoms with Crippen molar-refractivity contribution in [2.24, 2.45) is 0 Å². The van der Waals surface area contributed by atoms with Gasteiger partial charge in [-0.2, -0.15) is 0 Å². The smallest absolute Gasteiger partial charge is 0.252 e. The van der Waals surface area contributed by atoms with E-state index in [9.17, 15) is 0 Å². The molecule has 0 bridgehead atoms. The monoisotopic (exact) mass is 825 g/mol. The minimum absolute atomic E-state index is 0.00503. The molecule has 2 aromatic heterocycles. The van der Waals surface area contributed by atoms with Crippen LogP contribution in [0.15, 0.2) is 168 Å². The molecule has 308 valence electrons. The van der Waals surface area contributed by atoms with E-state index >= 15 is 0 Å². The van der Waals surface area contributed by atoms with Crippen LogP contribution in [-0.4, -0.2) is 11.3 Å². The molecule has 2 aliphatic heterocycles. The van der Waals surface area contributed by atoms with Crippen molar-refractivity contribution in [2.75, 3.05) is 9.80 Å². The maximum atomic E-state index is 6.66. The molecule has 64 heavy (non-hydrogen) atoms. The highest BCUT2D eigenvalue weighted by Gasteiger charge is 2.48. The van der Waals surface area contributed by atoms with Gasteiger partial charge >= 0.3 is 0 Å². The molecule has 0 unspecified atom stereocenters. The first-order valence-electron chi connectivity index (χ1n) is 22.7. The second-order valence-corrected chi connectivity index (χ2v) is 19.8. The van der Waals surface area contributed by atoms with E-state index in [-0.39, 0.29) is 17.5 Å². The summed E-state index contributed by atoms with van der Waals surface area (Å²) in [6, 6.07) is 61.1. The van der Waals surface area contributed by atoms with Crippen molar-refractivity contribution in [3.8, 4) is 16.8 Å². The fraction of sp³-hybridized carbons (Fsp3) is 0.153. The number of benzene rings is 8. The lowest BCUT2D eigenvalue weighted by Gasteiger charge is -2.42. The molecule has 0 spiro atoms. The first kappa shape index (κ1) is 37.3. The van der Waals surface area contributed by atoms with E-state index in [0.29, 0.717) is 0 Å². The summed E-state index contributed by atoms with van der Waals surface area (Å²) in [6.45, 7) is 16.4. The molecule has 4 heterocycles. The Morgan fingerprint density at radius 1 is 0.578 bits per heavy atom. The topological polar surface area (TPSA) is 24.6 Å². The molecule has 0 N–H and O–H groups in total. The first-order chi connectivity index (χ1) is 31.0. The molecule has 1 aliphatic carbocycles. The number of nitrogens with zero attached hydrogens (tertiary/aromatic N) is 3. The van der Waals surface area contributed by atoms with E-state index in [1.54, 1.807) is 0 Å². The van der Waals surface area contributed by atoms with Crippen molar-refractivity contribution >= 4 is 90.1 Å². The van der Waals surface area contributed by atoms with Crippen LogP contribution >= 0.6 is 0 Å². The Hall–Kier alpha value is -7.24. The molecule has 0 fully saturated rings. The van der Waals surface area contributed by atoms with Gasteiger partial charge in [0.15, 0.2) is 0 Å². The van der Waals surface area contributed by atoms with Gasteiger partial charge in [0.2, 0.25) is 0 Å². The Kier molecular flexibility index (Phi) is 7.54. The molecule has 0 saturated heterocycles. The van der Waals surface area contributed by atoms with Gasteiger partial charge in [0, 0.05) is 67.1 Å². The summed E-state index contributed by atoms with van der Waals surface area (Å²) in [5, 5.41) is 3.57. The van der Waals surface area contributed by atoms with Crippen LogP contribution in [0.3, 0.4) is 0 Å². The highest BCUT2D eigenvalue weighted by atomic mass is 16.3. The molecule has 10 aromatic rings. The molecule has 0 amide bonds. The maximum Gasteiger partial charge on any atom is 0.252 e. The molecule has 13 rings (SSSR count). The average Bonchev–Trinajstić information content (AvgIpc) is 3.93. The third kappa shape index (κ3) is 4.90. The van der Waals surface area contributed by atoms with Crippen LogP contribution in [0, 0.1) is 13.8 Å². The Labute approximate surface area is 375 Å². The second kappa shape index (κ2) is 12.9. The predicted molar refractivity (Wildman–Crippen MR) is 270 cm³/mol. The largest absolute Gasteiger partial charge is 0.456 e. The van der Waals surface area contributed by atoms with Gasteiger partial charge in [0.05, 0.1) is 11.1 Å². The summed E-state index contributed by atoms with van der Waals surface area (Å²) >= 11 is 0. The summed E-state index contributed by atoms with van der Waals surface area (Å²) in [5.74, 6) is 0. The second-order valence-electron chi connectivity index (χ2n) is 19.8. The Balaban J connectivity index is 1.19. The zero-order chi connectivity index (χ0) is 43.4. The zero-order valence-corrected chi connectivity index (χ0v) is 37.4. The first-order valence-corrected chi connectivity index (χ1v) is 22.7. The molecule has 0 saturated carbocycles. The van der Waals surface area contributed by atoms with E-state index < -0.39 is 0 Å². The quantitative estimate of drug-likeness (QED) is 0.165. The van der Waals surface area contributed by atoms with E-state index in [0.717, 1.165) is 44.7 Å². The van der Waals surface area contributed by atoms with Crippen LogP contribution < -0.4 is 26.2 Å². The molecule has 3 aliphatic rings. The molecule has 5 heteroatoms. The van der Waals surface area contributed by atoms with Crippen LogP contribution in [0.5, 0.6) is 0 Å². The highest BCUT2D eigenvalue weighted by Crippen LogP contribution is 2.55. The van der Waals surface area contributed by atoms with Crippen LogP contribution in [0.1, 0.15) is 62.6 Å². The van der Waals surface area contributed by atoms with Gasteiger partial charge in [0.1, 0.15) is 11.2 Å². The number of aryl methyl sites for hydroxylation is 2. The van der Waals surface area contributed by atoms with Crippen molar-refractivity contribution in [1.29, 1.82) is 0 Å². The lowest BCUT2D eigenvalue weighted by atomic mass is 9.33. The summed E-state index contributed by atoms with van der Waals surface area (Å²) in [4.78, 5) is 5.05. The number of anilines is 6. The van der Waals surface area contributed by atoms with E-state index in [4.69, 9.17) is 4.42 Å². The molecular weight excluding hydrogens is 777 g/mol. The number of para-hydroxylation sites is 4. The molecule has 0 radical (unpaired) electrons. The van der Waals surface area contributed by atoms with E-state index in [1.165, 1.54) is 83.4 Å². The lowest BCUT2D eigenvalue weighted by Crippen LogP contribution is -2.60. The number of hydrogen-bond donors (Lipinski definition) is 0. The Morgan fingerprint density at radius 2 is 1.23 bits per heavy atom. The van der Waals surface area contributed by atoms with Gasteiger partial charge in [-0.15, -0.1) is 0 Å². The minimum atomic E-state index is -0.212. The van der Waals surface area contributed by atoms with Gasteiger partial charge < -0.3 is 18.8 Å². The summed E-state index contributed by atoms with van der Waals surface area (Å²) in [6.07, 6.45) is 0. The summed E-state index contributed by atoms with van der Waals surface area (Å²) in [7, 11) is 0. The summed E-state index contributed by atoms with van der Waals surface area (Å²) in [5.41, 5.74) is 24.2. The van der Waals surface area contributed by atoms with Crippen molar-refractivity contribution in [3.05, 3.63) is 192 Å². The van der Waals surface area contributed by atoms with Crippen molar-refractivity contribution < 1.29 is 4.42 Å². The van der Waals surface area contributed by atoms with Gasteiger partial charge in [-0.25, -0.2) is 0 Å². The van der Waals surface area contributed by atoms with Gasteiger partial charge in [0.25, 0.3) is 6.71 Å². The lowest BCUT2D eigenvalue weighted by molar-refractivity contribution is 0.589.